The van der Waals surface area contributed by atoms with E-state index in [9.17, 15) is 14.1 Å². The van der Waals surface area contributed by atoms with Crippen LogP contribution in [0.5, 0.6) is 0 Å². The molecule has 2 rings (SSSR count). The van der Waals surface area contributed by atoms with Gasteiger partial charge in [0.25, 0.3) is 0 Å². The zero-order valence-electron chi connectivity index (χ0n) is 13.2. The molecule has 0 bridgehead atoms. The number of hydrogen-bond acceptors (Lipinski definition) is 2. The fourth-order valence-corrected chi connectivity index (χ4v) is 3.42. The van der Waals surface area contributed by atoms with E-state index >= 15 is 0 Å². The van der Waals surface area contributed by atoms with Gasteiger partial charge in [-0.15, -0.1) is 0 Å². The largest absolute Gasteiger partial charge is 0.388 e. The van der Waals surface area contributed by atoms with Crippen LogP contribution in [0.1, 0.15) is 28.4 Å². The smallest absolute Gasteiger partial charge is 0.328 e. The van der Waals surface area contributed by atoms with Crippen molar-refractivity contribution < 1.29 is 23.8 Å². The summed E-state index contributed by atoms with van der Waals surface area (Å²) in [6.07, 6.45) is -1.94. The molecule has 4 nitrogen and oxygen atoms in total. The second kappa shape index (κ2) is 6.54. The standard InChI is InChI=1S/C17H20FO4P/c1-10-6-12(3)17(16(19)9-23(20,21)22)14(7-10)13-4-5-15(18)11(2)8-13/h4-8,16,19H,9H2,1-3H3,(H2,20,21,22). The van der Waals surface area contributed by atoms with Gasteiger partial charge in [0, 0.05) is 0 Å². The average Bonchev–Trinajstić information content (AvgIpc) is 2.38. The zero-order valence-corrected chi connectivity index (χ0v) is 14.1. The molecular formula is C17H20FO4P. The van der Waals surface area contributed by atoms with Crippen molar-refractivity contribution in [1.82, 2.24) is 0 Å². The highest BCUT2D eigenvalue weighted by molar-refractivity contribution is 7.51. The summed E-state index contributed by atoms with van der Waals surface area (Å²) in [6.45, 7) is 5.32. The van der Waals surface area contributed by atoms with Crippen LogP contribution in [0.2, 0.25) is 0 Å². The van der Waals surface area contributed by atoms with Crippen molar-refractivity contribution in [1.29, 1.82) is 0 Å². The molecule has 6 heteroatoms. The minimum absolute atomic E-state index is 0.324. The number of aryl methyl sites for hydroxylation is 3. The molecule has 0 fully saturated rings. The van der Waals surface area contributed by atoms with Crippen LogP contribution in [-0.4, -0.2) is 21.1 Å². The van der Waals surface area contributed by atoms with Crippen molar-refractivity contribution in [3.63, 3.8) is 0 Å². The highest BCUT2D eigenvalue weighted by atomic mass is 31.2. The van der Waals surface area contributed by atoms with E-state index in [0.717, 1.165) is 11.1 Å². The van der Waals surface area contributed by atoms with Gasteiger partial charge < -0.3 is 14.9 Å². The van der Waals surface area contributed by atoms with Crippen LogP contribution in [0.25, 0.3) is 11.1 Å². The van der Waals surface area contributed by atoms with Gasteiger partial charge >= 0.3 is 7.60 Å². The molecule has 0 saturated heterocycles. The molecule has 23 heavy (non-hydrogen) atoms. The van der Waals surface area contributed by atoms with E-state index in [0.29, 0.717) is 22.3 Å². The van der Waals surface area contributed by atoms with Gasteiger partial charge in [-0.25, -0.2) is 4.39 Å². The van der Waals surface area contributed by atoms with Gasteiger partial charge in [0.15, 0.2) is 0 Å². The molecular weight excluding hydrogens is 318 g/mol. The molecule has 124 valence electrons. The molecule has 0 heterocycles. The monoisotopic (exact) mass is 338 g/mol. The van der Waals surface area contributed by atoms with Gasteiger partial charge in [-0.05, 0) is 60.7 Å². The molecule has 0 spiro atoms. The third-order valence-electron chi connectivity index (χ3n) is 3.74. The van der Waals surface area contributed by atoms with Gasteiger partial charge in [0.2, 0.25) is 0 Å². The third kappa shape index (κ3) is 4.27. The molecule has 0 aliphatic rings. The second-order valence-electron chi connectivity index (χ2n) is 5.87. The summed E-state index contributed by atoms with van der Waals surface area (Å²) in [4.78, 5) is 18.3. The maximum atomic E-state index is 13.5. The normalized spacial score (nSPS) is 13.2. The van der Waals surface area contributed by atoms with Gasteiger partial charge in [0.05, 0.1) is 12.3 Å². The van der Waals surface area contributed by atoms with Gasteiger partial charge in [-0.1, -0.05) is 23.8 Å². The van der Waals surface area contributed by atoms with Crippen molar-refractivity contribution in [3.8, 4) is 11.1 Å². The molecule has 0 radical (unpaired) electrons. The van der Waals surface area contributed by atoms with Gasteiger partial charge in [0.1, 0.15) is 5.82 Å². The summed E-state index contributed by atoms with van der Waals surface area (Å²) in [5.41, 5.74) is 3.98. The maximum Gasteiger partial charge on any atom is 0.328 e. The third-order valence-corrected chi connectivity index (χ3v) is 4.57. The quantitative estimate of drug-likeness (QED) is 0.744. The molecule has 1 unspecified atom stereocenters. The van der Waals surface area contributed by atoms with E-state index in [1.54, 1.807) is 26.0 Å². The Labute approximate surface area is 134 Å². The first kappa shape index (κ1) is 17.8. The van der Waals surface area contributed by atoms with E-state index in [-0.39, 0.29) is 5.82 Å². The Hall–Kier alpha value is -1.52. The zero-order chi connectivity index (χ0) is 17.4. The average molecular weight is 338 g/mol. The van der Waals surface area contributed by atoms with Gasteiger partial charge in [-0.2, -0.15) is 0 Å². The van der Waals surface area contributed by atoms with Crippen molar-refractivity contribution in [2.45, 2.75) is 26.9 Å². The minimum atomic E-state index is -4.36. The van der Waals surface area contributed by atoms with Crippen LogP contribution in [0, 0.1) is 26.6 Å². The minimum Gasteiger partial charge on any atom is -0.388 e. The Balaban J connectivity index is 2.62. The summed E-state index contributed by atoms with van der Waals surface area (Å²) < 4.78 is 24.7. The Morgan fingerprint density at radius 1 is 1.09 bits per heavy atom. The van der Waals surface area contributed by atoms with Crippen molar-refractivity contribution in [2.24, 2.45) is 0 Å². The summed E-state index contributed by atoms with van der Waals surface area (Å²) in [5.74, 6) is -0.324. The Bertz CT molecular complexity index is 782. The van der Waals surface area contributed by atoms with E-state index < -0.39 is 19.9 Å². The van der Waals surface area contributed by atoms with Gasteiger partial charge in [-0.3, -0.25) is 4.57 Å². The second-order valence-corrected chi connectivity index (χ2v) is 7.56. The summed E-state index contributed by atoms with van der Waals surface area (Å²) in [6, 6.07) is 8.29. The molecule has 2 aromatic carbocycles. The van der Waals surface area contributed by atoms with Crippen molar-refractivity contribution in [2.75, 3.05) is 6.16 Å². The van der Waals surface area contributed by atoms with Crippen molar-refractivity contribution in [3.05, 3.63) is 58.4 Å². The lowest BCUT2D eigenvalue weighted by molar-refractivity contribution is 0.192. The van der Waals surface area contributed by atoms with E-state index in [1.165, 1.54) is 6.07 Å². The van der Waals surface area contributed by atoms with E-state index in [2.05, 4.69) is 0 Å². The maximum absolute atomic E-state index is 13.5. The highest BCUT2D eigenvalue weighted by Crippen LogP contribution is 2.42. The number of aliphatic hydroxyl groups excluding tert-OH is 1. The molecule has 2 aromatic rings. The van der Waals surface area contributed by atoms with Crippen LogP contribution in [0.15, 0.2) is 30.3 Å². The number of hydrogen-bond donors (Lipinski definition) is 3. The Morgan fingerprint density at radius 3 is 2.30 bits per heavy atom. The number of aliphatic hydroxyl groups is 1. The van der Waals surface area contributed by atoms with Crippen LogP contribution >= 0.6 is 7.60 Å². The first-order valence-electron chi connectivity index (χ1n) is 7.19. The fourth-order valence-electron chi connectivity index (χ4n) is 2.79. The molecule has 0 aliphatic heterocycles. The lowest BCUT2D eigenvalue weighted by Crippen LogP contribution is -2.08. The molecule has 3 N–H and O–H groups in total. The molecule has 0 saturated carbocycles. The SMILES string of the molecule is Cc1cc(C)c(C(O)CP(=O)(O)O)c(-c2ccc(F)c(C)c2)c1. The van der Waals surface area contributed by atoms with Crippen LogP contribution in [0.4, 0.5) is 4.39 Å². The first-order chi connectivity index (χ1) is 10.6. The Kier molecular flexibility index (Phi) is 5.07. The number of benzene rings is 2. The molecule has 0 aliphatic carbocycles. The molecule has 0 amide bonds. The van der Waals surface area contributed by atoms with Crippen LogP contribution in [-0.2, 0) is 4.57 Å². The fraction of sp³-hybridized carbons (Fsp3) is 0.294. The summed E-state index contributed by atoms with van der Waals surface area (Å²) >= 11 is 0. The number of rotatable bonds is 4. The molecule has 0 aromatic heterocycles. The van der Waals surface area contributed by atoms with E-state index in [1.807, 2.05) is 19.1 Å². The summed E-state index contributed by atoms with van der Waals surface area (Å²) in [7, 11) is -4.36. The molecule has 1 atom stereocenters. The van der Waals surface area contributed by atoms with Crippen LogP contribution < -0.4 is 0 Å². The summed E-state index contributed by atoms with van der Waals surface area (Å²) in [5, 5.41) is 10.3. The number of halogens is 1. The van der Waals surface area contributed by atoms with Crippen LogP contribution in [0.3, 0.4) is 0 Å². The van der Waals surface area contributed by atoms with Crippen molar-refractivity contribution >= 4 is 7.60 Å². The Morgan fingerprint density at radius 2 is 1.74 bits per heavy atom. The highest BCUT2D eigenvalue weighted by Gasteiger charge is 2.25. The topological polar surface area (TPSA) is 77.8 Å². The lowest BCUT2D eigenvalue weighted by Gasteiger charge is -2.20. The predicted octanol–water partition coefficient (Wildman–Crippen LogP) is 3.63. The predicted molar refractivity (Wildman–Crippen MR) is 87.9 cm³/mol. The lowest BCUT2D eigenvalue weighted by atomic mass is 9.90. The first-order valence-corrected chi connectivity index (χ1v) is 8.98. The van der Waals surface area contributed by atoms with E-state index in [4.69, 9.17) is 9.79 Å².